The number of carboxylic acids is 1. The first kappa shape index (κ1) is 14.3. The normalized spacial score (nSPS) is 18.8. The van der Waals surface area contributed by atoms with Gasteiger partial charge in [-0.05, 0) is 31.0 Å². The number of hydrogen-bond donors (Lipinski definition) is 3. The van der Waals surface area contributed by atoms with Gasteiger partial charge in [0.1, 0.15) is 11.4 Å². The van der Waals surface area contributed by atoms with Crippen LogP contribution in [0.5, 0.6) is 0 Å². The number of amides is 3. The lowest BCUT2D eigenvalue weighted by Gasteiger charge is -2.17. The van der Waals surface area contributed by atoms with Gasteiger partial charge in [-0.25, -0.2) is 14.0 Å². The van der Waals surface area contributed by atoms with Crippen molar-refractivity contribution in [3.05, 3.63) is 29.6 Å². The van der Waals surface area contributed by atoms with Crippen LogP contribution in [0.25, 0.3) is 0 Å². The minimum Gasteiger partial charge on any atom is -0.480 e. The summed E-state index contributed by atoms with van der Waals surface area (Å²) >= 11 is 0. The first-order valence-electron chi connectivity index (χ1n) is 6.84. The maximum Gasteiger partial charge on any atom is 0.329 e. The van der Waals surface area contributed by atoms with Gasteiger partial charge in [0.15, 0.2) is 0 Å². The third-order valence-corrected chi connectivity index (χ3v) is 3.88. The summed E-state index contributed by atoms with van der Waals surface area (Å²) in [5.41, 5.74) is -1.17. The molecule has 0 spiro atoms. The Morgan fingerprint density at radius 1 is 1.36 bits per heavy atom. The predicted octanol–water partition coefficient (Wildman–Crippen LogP) is 0.702. The number of benzene rings is 1. The van der Waals surface area contributed by atoms with Gasteiger partial charge < -0.3 is 15.7 Å². The number of carbonyl (C=O) groups excluding carboxylic acids is 2. The van der Waals surface area contributed by atoms with Crippen molar-refractivity contribution in [3.8, 4) is 0 Å². The highest BCUT2D eigenvalue weighted by Gasteiger charge is 2.51. The van der Waals surface area contributed by atoms with Gasteiger partial charge >= 0.3 is 12.0 Å². The lowest BCUT2D eigenvalue weighted by Crippen LogP contribution is -2.43. The van der Waals surface area contributed by atoms with E-state index in [1.54, 1.807) is 0 Å². The number of rotatable bonds is 4. The van der Waals surface area contributed by atoms with Crippen LogP contribution in [0, 0.1) is 5.82 Å². The smallest absolute Gasteiger partial charge is 0.329 e. The summed E-state index contributed by atoms with van der Waals surface area (Å²) in [6.45, 7) is 0.893. The van der Waals surface area contributed by atoms with E-state index in [9.17, 15) is 18.8 Å². The molecule has 1 heterocycles. The van der Waals surface area contributed by atoms with Gasteiger partial charge in [0.05, 0.1) is 5.56 Å². The third-order valence-electron chi connectivity index (χ3n) is 3.88. The molecule has 3 rings (SSSR count). The molecule has 1 aliphatic carbocycles. The van der Waals surface area contributed by atoms with Crippen molar-refractivity contribution in [3.63, 3.8) is 0 Å². The fourth-order valence-electron chi connectivity index (χ4n) is 2.38. The fraction of sp³-hybridized carbons (Fsp3) is 0.357. The zero-order chi connectivity index (χ0) is 15.9. The Labute approximate surface area is 125 Å². The van der Waals surface area contributed by atoms with Crippen LogP contribution in [0.2, 0.25) is 0 Å². The Hall–Kier alpha value is -2.64. The first-order valence-corrected chi connectivity index (χ1v) is 6.84. The molecule has 3 amide bonds. The number of hydrogen-bond acceptors (Lipinski definition) is 3. The highest BCUT2D eigenvalue weighted by atomic mass is 19.1. The van der Waals surface area contributed by atoms with E-state index in [1.165, 1.54) is 17.0 Å². The number of anilines is 1. The predicted molar refractivity (Wildman–Crippen MR) is 74.2 cm³/mol. The van der Waals surface area contributed by atoms with E-state index in [-0.39, 0.29) is 11.6 Å². The molecule has 1 aromatic rings. The van der Waals surface area contributed by atoms with E-state index < -0.39 is 23.2 Å². The van der Waals surface area contributed by atoms with Gasteiger partial charge in [0.25, 0.3) is 5.91 Å². The molecule has 1 saturated carbocycles. The summed E-state index contributed by atoms with van der Waals surface area (Å²) in [5.74, 6) is -2.68. The maximum absolute atomic E-state index is 13.9. The fourth-order valence-corrected chi connectivity index (χ4v) is 2.38. The quantitative estimate of drug-likeness (QED) is 0.762. The molecule has 2 aliphatic rings. The van der Waals surface area contributed by atoms with Crippen LogP contribution < -0.4 is 15.5 Å². The number of carbonyl (C=O) groups is 3. The number of nitrogens with one attached hydrogen (secondary N) is 2. The van der Waals surface area contributed by atoms with E-state index in [4.69, 9.17) is 5.11 Å². The number of nitrogens with zero attached hydrogens (tertiary/aromatic N) is 1. The monoisotopic (exact) mass is 307 g/mol. The van der Waals surface area contributed by atoms with Crippen LogP contribution >= 0.6 is 0 Å². The zero-order valence-corrected chi connectivity index (χ0v) is 11.6. The summed E-state index contributed by atoms with van der Waals surface area (Å²) in [4.78, 5) is 36.2. The third kappa shape index (κ3) is 2.36. The molecule has 3 N–H and O–H groups in total. The van der Waals surface area contributed by atoms with E-state index in [0.29, 0.717) is 31.6 Å². The first-order chi connectivity index (χ1) is 10.4. The SMILES string of the molecule is O=C(NC1(C(=O)O)CC1)c1cc(N2CCNC2=O)ccc1F. The van der Waals surface area contributed by atoms with Crippen LogP contribution in [0.1, 0.15) is 23.2 Å². The molecule has 0 unspecified atom stereocenters. The molecule has 0 radical (unpaired) electrons. The highest BCUT2D eigenvalue weighted by molar-refractivity contribution is 6.01. The maximum atomic E-state index is 13.9. The molecule has 1 aliphatic heterocycles. The Morgan fingerprint density at radius 2 is 2.09 bits per heavy atom. The molecule has 0 bridgehead atoms. The van der Waals surface area contributed by atoms with Crippen LogP contribution in [0.4, 0.5) is 14.9 Å². The van der Waals surface area contributed by atoms with Gasteiger partial charge in [-0.3, -0.25) is 9.69 Å². The van der Waals surface area contributed by atoms with E-state index in [0.717, 1.165) is 6.07 Å². The summed E-state index contributed by atoms with van der Waals surface area (Å²) in [7, 11) is 0. The summed E-state index contributed by atoms with van der Waals surface area (Å²) in [5, 5.41) is 14.0. The van der Waals surface area contributed by atoms with E-state index >= 15 is 0 Å². The van der Waals surface area contributed by atoms with Crippen molar-refractivity contribution in [2.75, 3.05) is 18.0 Å². The van der Waals surface area contributed by atoms with Crippen molar-refractivity contribution < 1.29 is 23.9 Å². The summed E-state index contributed by atoms with van der Waals surface area (Å²) < 4.78 is 13.9. The molecule has 7 nitrogen and oxygen atoms in total. The average molecular weight is 307 g/mol. The van der Waals surface area contributed by atoms with Gasteiger partial charge in [0.2, 0.25) is 0 Å². The van der Waals surface area contributed by atoms with E-state index in [1.807, 2.05) is 0 Å². The molecule has 8 heteroatoms. The van der Waals surface area contributed by atoms with Crippen LogP contribution in [-0.2, 0) is 4.79 Å². The number of halogens is 1. The Kier molecular flexibility index (Phi) is 3.23. The van der Waals surface area contributed by atoms with Crippen LogP contribution in [-0.4, -0.2) is 41.6 Å². The van der Waals surface area contributed by atoms with Gasteiger partial charge in [-0.2, -0.15) is 0 Å². The molecule has 2 fully saturated rings. The number of aliphatic carboxylic acids is 1. The van der Waals surface area contributed by atoms with Crippen molar-refractivity contribution in [1.29, 1.82) is 0 Å². The second-order valence-electron chi connectivity index (χ2n) is 5.39. The number of carboxylic acid groups (broad SMARTS) is 1. The van der Waals surface area contributed by atoms with Crippen LogP contribution in [0.3, 0.4) is 0 Å². The standard InChI is InChI=1S/C14H14FN3O4/c15-10-2-1-8(18-6-5-16-13(18)22)7-9(10)11(19)17-14(3-4-14)12(20)21/h1-2,7H,3-6H2,(H,16,22)(H,17,19)(H,20,21). The largest absolute Gasteiger partial charge is 0.480 e. The van der Waals surface area contributed by atoms with Crippen LogP contribution in [0.15, 0.2) is 18.2 Å². The second-order valence-corrected chi connectivity index (χ2v) is 5.39. The second kappa shape index (κ2) is 4.97. The molecular weight excluding hydrogens is 293 g/mol. The molecule has 1 aromatic carbocycles. The van der Waals surface area contributed by atoms with Crippen molar-refractivity contribution >= 4 is 23.6 Å². The highest BCUT2D eigenvalue weighted by Crippen LogP contribution is 2.36. The molecule has 116 valence electrons. The minimum absolute atomic E-state index is 0.273. The Bertz CT molecular complexity index is 672. The van der Waals surface area contributed by atoms with Gasteiger partial charge in [-0.15, -0.1) is 0 Å². The Morgan fingerprint density at radius 3 is 2.64 bits per heavy atom. The lowest BCUT2D eigenvalue weighted by atomic mass is 10.1. The number of urea groups is 1. The van der Waals surface area contributed by atoms with Crippen molar-refractivity contribution in [2.45, 2.75) is 18.4 Å². The summed E-state index contributed by atoms with van der Waals surface area (Å²) in [6.07, 6.45) is 0.647. The summed E-state index contributed by atoms with van der Waals surface area (Å²) in [6, 6.07) is 3.44. The molecular formula is C14H14FN3O4. The lowest BCUT2D eigenvalue weighted by molar-refractivity contribution is -0.140. The topological polar surface area (TPSA) is 98.7 Å². The van der Waals surface area contributed by atoms with E-state index in [2.05, 4.69) is 10.6 Å². The van der Waals surface area contributed by atoms with Gasteiger partial charge in [-0.1, -0.05) is 0 Å². The van der Waals surface area contributed by atoms with Crippen molar-refractivity contribution in [1.82, 2.24) is 10.6 Å². The molecule has 0 atom stereocenters. The molecule has 1 saturated heterocycles. The van der Waals surface area contributed by atoms with Crippen molar-refractivity contribution in [2.24, 2.45) is 0 Å². The van der Waals surface area contributed by atoms with Gasteiger partial charge in [0, 0.05) is 18.8 Å². The molecule has 22 heavy (non-hydrogen) atoms. The zero-order valence-electron chi connectivity index (χ0n) is 11.6. The molecule has 0 aromatic heterocycles. The minimum atomic E-state index is -1.29. The Balaban J connectivity index is 1.85. The average Bonchev–Trinajstić information content (AvgIpc) is 3.14.